The van der Waals surface area contributed by atoms with Gasteiger partial charge in [0.05, 0.1) is 5.69 Å². The van der Waals surface area contributed by atoms with Crippen LogP contribution < -0.4 is 19.0 Å². The van der Waals surface area contributed by atoms with Gasteiger partial charge in [-0.25, -0.2) is 4.79 Å². The lowest BCUT2D eigenvalue weighted by Crippen LogP contribution is -2.37. The largest absolute Gasteiger partial charge is 0.382 e. The molecule has 0 saturated heterocycles. The number of para-hydroxylation sites is 2. The Labute approximate surface area is 235 Å². The fourth-order valence-electron chi connectivity index (χ4n) is 3.94. The van der Waals surface area contributed by atoms with Crippen molar-refractivity contribution in [3.8, 4) is 11.5 Å². The van der Waals surface area contributed by atoms with Gasteiger partial charge in [0.15, 0.2) is 5.75 Å². The Morgan fingerprint density at radius 2 is 1.27 bits per heavy atom. The van der Waals surface area contributed by atoms with Crippen molar-refractivity contribution in [2.75, 3.05) is 10.6 Å². The molecule has 0 aromatic heterocycles. The Balaban J connectivity index is 1.40. The third-order valence-electron chi connectivity index (χ3n) is 6.85. The van der Waals surface area contributed by atoms with E-state index in [4.69, 9.17) is 8.37 Å². The molecule has 0 fully saturated rings. The second-order valence-corrected chi connectivity index (χ2v) is 14.3. The van der Waals surface area contributed by atoms with Crippen LogP contribution in [0.1, 0.15) is 40.5 Å². The number of carbonyl (C=O) groups is 1. The van der Waals surface area contributed by atoms with Crippen LogP contribution in [-0.2, 0) is 20.2 Å². The van der Waals surface area contributed by atoms with Crippen LogP contribution >= 0.6 is 0 Å². The normalized spacial score (nSPS) is 22.6. The molecule has 0 aliphatic heterocycles. The molecule has 2 aromatic rings. The highest BCUT2D eigenvalue weighted by molar-refractivity contribution is 7.89. The summed E-state index contributed by atoms with van der Waals surface area (Å²) in [4.78, 5) is 12.7. The molecule has 40 heavy (non-hydrogen) atoms. The molecule has 11 heteroatoms. The Kier molecular flexibility index (Phi) is 8.00. The molecule has 0 heterocycles. The summed E-state index contributed by atoms with van der Waals surface area (Å²) in [5.74, 6) is 0.0777. The summed E-state index contributed by atoms with van der Waals surface area (Å²) in [5, 5.41) is 5.22. The molecule has 2 N–H and O–H groups in total. The minimum atomic E-state index is -4.09. The number of rotatable bonds is 8. The topological polar surface area (TPSA) is 128 Å². The molecular weight excluding hydrogens is 552 g/mol. The summed E-state index contributed by atoms with van der Waals surface area (Å²) < 4.78 is 60.3. The Morgan fingerprint density at radius 1 is 0.750 bits per heavy atom. The van der Waals surface area contributed by atoms with Gasteiger partial charge in [-0.05, 0) is 76.9 Å². The van der Waals surface area contributed by atoms with Crippen molar-refractivity contribution in [2.24, 2.45) is 0 Å². The fraction of sp³-hybridized carbons (Fsp3) is 0.276. The molecular formula is C29H32N2O7S2. The van der Waals surface area contributed by atoms with Gasteiger partial charge in [0.1, 0.15) is 15.2 Å². The van der Waals surface area contributed by atoms with E-state index >= 15 is 0 Å². The number of amides is 2. The maximum absolute atomic E-state index is 13.1. The van der Waals surface area contributed by atoms with Crippen LogP contribution in [0, 0.1) is 0 Å². The summed E-state index contributed by atoms with van der Waals surface area (Å²) in [6.45, 7) is 6.96. The number of carbonyl (C=O) groups excluding carboxylic acids is 1. The summed E-state index contributed by atoms with van der Waals surface area (Å²) in [6.07, 6.45) is 10.9. The molecule has 0 saturated carbocycles. The van der Waals surface area contributed by atoms with Gasteiger partial charge in [0.25, 0.3) is 0 Å². The molecule has 0 bridgehead atoms. The fourth-order valence-corrected chi connectivity index (χ4v) is 6.11. The Bertz CT molecular complexity index is 1640. The molecule has 4 rings (SSSR count). The minimum absolute atomic E-state index is 0.0252. The molecule has 0 spiro atoms. The summed E-state index contributed by atoms with van der Waals surface area (Å²) in [7, 11) is -8.06. The zero-order valence-electron chi connectivity index (χ0n) is 22.7. The molecule has 212 valence electrons. The van der Waals surface area contributed by atoms with Crippen molar-refractivity contribution in [3.05, 3.63) is 96.1 Å². The van der Waals surface area contributed by atoms with Gasteiger partial charge in [-0.2, -0.15) is 16.8 Å². The third-order valence-corrected chi connectivity index (χ3v) is 10.6. The zero-order chi connectivity index (χ0) is 29.2. The van der Waals surface area contributed by atoms with Gasteiger partial charge < -0.3 is 19.0 Å². The molecule has 9 nitrogen and oxygen atoms in total. The van der Waals surface area contributed by atoms with Crippen LogP contribution in [0.5, 0.6) is 11.5 Å². The van der Waals surface area contributed by atoms with E-state index in [0.717, 1.165) is 11.1 Å². The highest BCUT2D eigenvalue weighted by atomic mass is 32.2. The van der Waals surface area contributed by atoms with Crippen LogP contribution in [0.4, 0.5) is 16.2 Å². The molecule has 2 atom stereocenters. The van der Waals surface area contributed by atoms with Crippen molar-refractivity contribution < 1.29 is 30.0 Å². The van der Waals surface area contributed by atoms with Gasteiger partial charge in [-0.15, -0.1) is 0 Å². The number of urea groups is 1. The van der Waals surface area contributed by atoms with Gasteiger partial charge in [-0.1, -0.05) is 59.7 Å². The smallest absolute Gasteiger partial charge is 0.323 e. The number of nitrogens with one attached hydrogen (secondary N) is 2. The molecule has 2 unspecified atom stereocenters. The quantitative estimate of drug-likeness (QED) is 0.360. The summed E-state index contributed by atoms with van der Waals surface area (Å²) in [5.41, 5.74) is 2.47. The van der Waals surface area contributed by atoms with E-state index in [1.54, 1.807) is 50.3 Å². The van der Waals surface area contributed by atoms with Crippen LogP contribution in [0.2, 0.25) is 0 Å². The van der Waals surface area contributed by atoms with Crippen molar-refractivity contribution in [1.29, 1.82) is 0 Å². The first-order valence-corrected chi connectivity index (χ1v) is 15.4. The Morgan fingerprint density at radius 3 is 1.80 bits per heavy atom. The number of hydrogen-bond donors (Lipinski definition) is 2. The maximum Gasteiger partial charge on any atom is 0.323 e. The lowest BCUT2D eigenvalue weighted by Gasteiger charge is -2.27. The van der Waals surface area contributed by atoms with Crippen molar-refractivity contribution in [2.45, 2.75) is 50.0 Å². The molecule has 0 radical (unpaired) electrons. The van der Waals surface area contributed by atoms with E-state index < -0.39 is 35.8 Å². The van der Waals surface area contributed by atoms with E-state index in [1.807, 2.05) is 26.0 Å². The highest BCUT2D eigenvalue weighted by Crippen LogP contribution is 2.34. The second kappa shape index (κ2) is 11.0. The number of benzene rings is 2. The lowest BCUT2D eigenvalue weighted by atomic mass is 9.98. The van der Waals surface area contributed by atoms with E-state index in [1.165, 1.54) is 36.4 Å². The highest BCUT2D eigenvalue weighted by Gasteiger charge is 2.40. The van der Waals surface area contributed by atoms with Crippen LogP contribution in [0.15, 0.2) is 96.1 Å². The first kappa shape index (κ1) is 29.2. The third kappa shape index (κ3) is 6.31. The Hall–Kier alpha value is -3.83. The molecule has 2 aliphatic carbocycles. The first-order valence-electron chi connectivity index (χ1n) is 12.6. The number of anilines is 2. The number of allylic oxidation sites excluding steroid dienone is 6. The predicted octanol–water partition coefficient (Wildman–Crippen LogP) is 6.08. The average molecular weight is 585 g/mol. The standard InChI is InChI=1S/C29H32N2O7S2/c1-21-13-17-28(3,18-14-21)39(33,34)37-24-11-9-23(10-12-24)30-27(32)31-25-7-5-6-8-26(25)38-40(35,36)29(4)19-15-22(2)16-20-29/h5-17,19H,18,20H2,1-4H3,(H2,30,31,32). The zero-order valence-corrected chi connectivity index (χ0v) is 24.3. The van der Waals surface area contributed by atoms with Gasteiger partial charge in [0.2, 0.25) is 0 Å². The van der Waals surface area contributed by atoms with Crippen molar-refractivity contribution >= 4 is 37.6 Å². The second-order valence-electron chi connectivity index (χ2n) is 10.3. The van der Waals surface area contributed by atoms with Crippen LogP contribution in [0.3, 0.4) is 0 Å². The monoisotopic (exact) mass is 584 g/mol. The van der Waals surface area contributed by atoms with Gasteiger partial charge in [0, 0.05) is 5.69 Å². The number of hydrogen-bond acceptors (Lipinski definition) is 7. The van der Waals surface area contributed by atoms with E-state index in [2.05, 4.69) is 10.6 Å². The van der Waals surface area contributed by atoms with Crippen LogP contribution in [0.25, 0.3) is 0 Å². The van der Waals surface area contributed by atoms with Gasteiger partial charge in [-0.3, -0.25) is 0 Å². The minimum Gasteiger partial charge on any atom is -0.382 e. The van der Waals surface area contributed by atoms with E-state index in [-0.39, 0.29) is 23.6 Å². The average Bonchev–Trinajstić information content (AvgIpc) is 2.89. The lowest BCUT2D eigenvalue weighted by molar-refractivity contribution is 0.262. The summed E-state index contributed by atoms with van der Waals surface area (Å²) in [6, 6.07) is 11.4. The first-order chi connectivity index (χ1) is 18.7. The van der Waals surface area contributed by atoms with Crippen molar-refractivity contribution in [3.63, 3.8) is 0 Å². The molecule has 2 aromatic carbocycles. The molecule has 2 aliphatic rings. The van der Waals surface area contributed by atoms with Crippen molar-refractivity contribution in [1.82, 2.24) is 0 Å². The van der Waals surface area contributed by atoms with Crippen LogP contribution in [-0.4, -0.2) is 32.4 Å². The van der Waals surface area contributed by atoms with Gasteiger partial charge >= 0.3 is 26.3 Å². The maximum atomic E-state index is 13.1. The SMILES string of the molecule is CC1=CCC(C)(S(=O)(=O)Oc2ccc(NC(=O)Nc3ccccc3OS(=O)(=O)C3(C)C=CC(C)=CC3)cc2)C=C1. The van der Waals surface area contributed by atoms with E-state index in [0.29, 0.717) is 12.1 Å². The predicted molar refractivity (Wildman–Crippen MR) is 156 cm³/mol. The van der Waals surface area contributed by atoms with E-state index in [9.17, 15) is 21.6 Å². The summed E-state index contributed by atoms with van der Waals surface area (Å²) >= 11 is 0. The molecule has 2 amide bonds.